The zero-order valence-electron chi connectivity index (χ0n) is 10.3. The average Bonchev–Trinajstić information content (AvgIpc) is 2.28. The Balaban J connectivity index is 2.54. The van der Waals surface area contributed by atoms with Crippen LogP contribution >= 0.6 is 0 Å². The molecule has 0 aliphatic carbocycles. The number of carbonyl (C=O) groups is 2. The molecule has 1 aromatic rings. The predicted octanol–water partition coefficient (Wildman–Crippen LogP) is 1.10. The molecular formula is C11H16N4O3. The molecule has 0 aromatic carbocycles. The lowest BCUT2D eigenvalue weighted by Crippen LogP contribution is -2.43. The van der Waals surface area contributed by atoms with Gasteiger partial charge in [-0.2, -0.15) is 0 Å². The smallest absolute Gasteiger partial charge is 0.326 e. The van der Waals surface area contributed by atoms with Crippen LogP contribution in [0.2, 0.25) is 0 Å². The molecule has 0 fully saturated rings. The van der Waals surface area contributed by atoms with Crippen molar-refractivity contribution in [2.45, 2.75) is 26.3 Å². The number of anilines is 1. The van der Waals surface area contributed by atoms with E-state index >= 15 is 0 Å². The Morgan fingerprint density at radius 2 is 1.94 bits per heavy atom. The van der Waals surface area contributed by atoms with Crippen molar-refractivity contribution in [2.75, 3.05) is 5.32 Å². The first-order valence-corrected chi connectivity index (χ1v) is 5.54. The van der Waals surface area contributed by atoms with Crippen LogP contribution in [0.25, 0.3) is 0 Å². The van der Waals surface area contributed by atoms with Gasteiger partial charge < -0.3 is 15.7 Å². The third kappa shape index (κ3) is 4.77. The van der Waals surface area contributed by atoms with E-state index in [1.54, 1.807) is 0 Å². The van der Waals surface area contributed by atoms with Gasteiger partial charge in [-0.25, -0.2) is 19.6 Å². The van der Waals surface area contributed by atoms with Crippen LogP contribution in [0.4, 0.5) is 10.5 Å². The molecule has 3 N–H and O–H groups in total. The maximum absolute atomic E-state index is 11.6. The molecule has 0 aliphatic heterocycles. The lowest BCUT2D eigenvalue weighted by molar-refractivity contribution is -0.139. The van der Waals surface area contributed by atoms with E-state index in [-0.39, 0.29) is 5.92 Å². The maximum Gasteiger partial charge on any atom is 0.326 e. The molecule has 18 heavy (non-hydrogen) atoms. The minimum absolute atomic E-state index is 0.173. The molecule has 1 aromatic heterocycles. The van der Waals surface area contributed by atoms with E-state index in [1.165, 1.54) is 18.7 Å². The summed E-state index contributed by atoms with van der Waals surface area (Å²) < 4.78 is 0. The van der Waals surface area contributed by atoms with Gasteiger partial charge in [0.25, 0.3) is 0 Å². The third-order valence-electron chi connectivity index (χ3n) is 2.13. The molecule has 0 saturated heterocycles. The van der Waals surface area contributed by atoms with Gasteiger partial charge in [-0.05, 0) is 12.3 Å². The van der Waals surface area contributed by atoms with Crippen LogP contribution < -0.4 is 10.6 Å². The Labute approximate surface area is 105 Å². The van der Waals surface area contributed by atoms with E-state index in [0.29, 0.717) is 12.1 Å². The highest BCUT2D eigenvalue weighted by molar-refractivity contribution is 5.91. The van der Waals surface area contributed by atoms with Gasteiger partial charge in [-0.15, -0.1) is 0 Å². The summed E-state index contributed by atoms with van der Waals surface area (Å²) in [5.74, 6) is -0.880. The fraction of sp³-hybridized carbons (Fsp3) is 0.455. The van der Waals surface area contributed by atoms with E-state index in [2.05, 4.69) is 20.6 Å². The fourth-order valence-corrected chi connectivity index (χ4v) is 1.38. The second kappa shape index (κ2) is 6.53. The fourth-order valence-electron chi connectivity index (χ4n) is 1.38. The number of aromatic nitrogens is 2. The van der Waals surface area contributed by atoms with Crippen molar-refractivity contribution in [3.05, 3.63) is 18.7 Å². The summed E-state index contributed by atoms with van der Waals surface area (Å²) in [5.41, 5.74) is 0.406. The largest absolute Gasteiger partial charge is 0.480 e. The van der Waals surface area contributed by atoms with E-state index in [9.17, 15) is 9.59 Å². The van der Waals surface area contributed by atoms with E-state index in [0.717, 1.165) is 0 Å². The van der Waals surface area contributed by atoms with Gasteiger partial charge in [0.05, 0.1) is 18.1 Å². The topological polar surface area (TPSA) is 104 Å². The van der Waals surface area contributed by atoms with Gasteiger partial charge in [-0.1, -0.05) is 13.8 Å². The zero-order chi connectivity index (χ0) is 13.5. The molecule has 1 rings (SSSR count). The number of hydrogen-bond acceptors (Lipinski definition) is 4. The van der Waals surface area contributed by atoms with Gasteiger partial charge in [0, 0.05) is 0 Å². The summed E-state index contributed by atoms with van der Waals surface area (Å²) >= 11 is 0. The maximum atomic E-state index is 11.6. The first-order valence-electron chi connectivity index (χ1n) is 5.54. The number of carboxylic acids is 1. The molecule has 98 valence electrons. The molecule has 0 bridgehead atoms. The van der Waals surface area contributed by atoms with Crippen molar-refractivity contribution < 1.29 is 14.7 Å². The molecule has 0 aliphatic rings. The number of carbonyl (C=O) groups excluding carboxylic acids is 1. The molecule has 0 spiro atoms. The van der Waals surface area contributed by atoms with Crippen LogP contribution in [0.1, 0.15) is 20.3 Å². The van der Waals surface area contributed by atoms with E-state index < -0.39 is 18.0 Å². The first kappa shape index (κ1) is 13.9. The Kier molecular flexibility index (Phi) is 5.04. The quantitative estimate of drug-likeness (QED) is 0.727. The number of rotatable bonds is 5. The molecule has 0 saturated carbocycles. The molecule has 2 amide bonds. The number of urea groups is 1. The Morgan fingerprint density at radius 3 is 2.44 bits per heavy atom. The Hall–Kier alpha value is -2.18. The van der Waals surface area contributed by atoms with Crippen molar-refractivity contribution in [1.29, 1.82) is 0 Å². The van der Waals surface area contributed by atoms with Gasteiger partial charge in [-0.3, -0.25) is 0 Å². The van der Waals surface area contributed by atoms with Crippen LogP contribution in [0.15, 0.2) is 18.7 Å². The second-order valence-electron chi connectivity index (χ2n) is 4.25. The molecular weight excluding hydrogens is 236 g/mol. The number of amides is 2. The van der Waals surface area contributed by atoms with Gasteiger partial charge in [0.2, 0.25) is 0 Å². The van der Waals surface area contributed by atoms with Crippen LogP contribution in [-0.2, 0) is 4.79 Å². The van der Waals surface area contributed by atoms with Gasteiger partial charge >= 0.3 is 12.0 Å². The van der Waals surface area contributed by atoms with E-state index in [4.69, 9.17) is 5.11 Å². The highest BCUT2D eigenvalue weighted by Gasteiger charge is 2.20. The lowest BCUT2D eigenvalue weighted by atomic mass is 10.0. The predicted molar refractivity (Wildman–Crippen MR) is 65.1 cm³/mol. The van der Waals surface area contributed by atoms with Crippen molar-refractivity contribution in [1.82, 2.24) is 15.3 Å². The summed E-state index contributed by atoms with van der Waals surface area (Å²) in [4.78, 5) is 30.0. The minimum atomic E-state index is -1.05. The van der Waals surface area contributed by atoms with Crippen LogP contribution in [0.5, 0.6) is 0 Å². The number of hydrogen-bond donors (Lipinski definition) is 3. The third-order valence-corrected chi connectivity index (χ3v) is 2.13. The van der Waals surface area contributed by atoms with Crippen LogP contribution in [0.3, 0.4) is 0 Å². The zero-order valence-corrected chi connectivity index (χ0v) is 10.3. The molecule has 1 heterocycles. The van der Waals surface area contributed by atoms with Crippen LogP contribution in [-0.4, -0.2) is 33.1 Å². The first-order chi connectivity index (χ1) is 8.49. The molecule has 1 unspecified atom stereocenters. The molecule has 0 radical (unpaired) electrons. The standard InChI is InChI=1S/C11H16N4O3/c1-7(2)3-9(10(16)17)15-11(18)14-8-4-12-6-13-5-8/h4-7,9H,3H2,1-2H3,(H,16,17)(H2,14,15,18). The number of aliphatic carboxylic acids is 1. The van der Waals surface area contributed by atoms with Crippen molar-refractivity contribution >= 4 is 17.7 Å². The summed E-state index contributed by atoms with van der Waals surface area (Å²) in [6, 6.07) is -1.49. The minimum Gasteiger partial charge on any atom is -0.480 e. The summed E-state index contributed by atoms with van der Waals surface area (Å²) in [6.45, 7) is 3.78. The SMILES string of the molecule is CC(C)CC(NC(=O)Nc1cncnc1)C(=O)O. The number of nitrogens with one attached hydrogen (secondary N) is 2. The lowest BCUT2D eigenvalue weighted by Gasteiger charge is -2.16. The molecule has 7 nitrogen and oxygen atoms in total. The van der Waals surface area contributed by atoms with Crippen LogP contribution in [0, 0.1) is 5.92 Å². The average molecular weight is 252 g/mol. The monoisotopic (exact) mass is 252 g/mol. The Morgan fingerprint density at radius 1 is 1.33 bits per heavy atom. The van der Waals surface area contributed by atoms with Crippen molar-refractivity contribution in [3.63, 3.8) is 0 Å². The number of nitrogens with zero attached hydrogens (tertiary/aromatic N) is 2. The molecule has 1 atom stereocenters. The Bertz CT molecular complexity index is 408. The summed E-state index contributed by atoms with van der Waals surface area (Å²) in [5, 5.41) is 13.8. The molecule has 7 heteroatoms. The summed E-state index contributed by atoms with van der Waals surface area (Å²) in [7, 11) is 0. The van der Waals surface area contributed by atoms with Crippen molar-refractivity contribution in [2.24, 2.45) is 5.92 Å². The normalized spacial score (nSPS) is 11.9. The van der Waals surface area contributed by atoms with E-state index in [1.807, 2.05) is 13.8 Å². The number of carboxylic acid groups (broad SMARTS) is 1. The summed E-state index contributed by atoms with van der Waals surface area (Å²) in [6.07, 6.45) is 4.55. The van der Waals surface area contributed by atoms with Gasteiger partial charge in [0.15, 0.2) is 0 Å². The van der Waals surface area contributed by atoms with Crippen molar-refractivity contribution in [3.8, 4) is 0 Å². The highest BCUT2D eigenvalue weighted by Crippen LogP contribution is 2.06. The van der Waals surface area contributed by atoms with Gasteiger partial charge in [0.1, 0.15) is 12.4 Å². The second-order valence-corrected chi connectivity index (χ2v) is 4.25. The highest BCUT2D eigenvalue weighted by atomic mass is 16.4.